The molecule has 1 aliphatic heterocycles. The molecule has 1 aliphatic rings. The molecular formula is C19H22N2O4. The molecule has 0 aromatic heterocycles. The van der Waals surface area contributed by atoms with Crippen molar-refractivity contribution in [2.75, 3.05) is 38.2 Å². The number of phenolic OH excluding ortho intramolecular Hbond substituents is 1. The summed E-state index contributed by atoms with van der Waals surface area (Å²) in [4.78, 5) is 16.1. The van der Waals surface area contributed by atoms with Crippen LogP contribution in [-0.2, 0) is 11.3 Å². The van der Waals surface area contributed by atoms with Gasteiger partial charge in [-0.2, -0.15) is 0 Å². The monoisotopic (exact) mass is 342 g/mol. The number of phenols is 1. The molecule has 0 saturated carbocycles. The Morgan fingerprint density at radius 3 is 2.48 bits per heavy atom. The van der Waals surface area contributed by atoms with Crippen molar-refractivity contribution < 1.29 is 19.4 Å². The van der Waals surface area contributed by atoms with Crippen LogP contribution in [0.4, 0.5) is 10.5 Å². The van der Waals surface area contributed by atoms with E-state index in [0.717, 1.165) is 11.3 Å². The fourth-order valence-electron chi connectivity index (χ4n) is 2.82. The van der Waals surface area contributed by atoms with Gasteiger partial charge in [-0.25, -0.2) is 4.79 Å². The Bertz CT molecular complexity index is 713. The summed E-state index contributed by atoms with van der Waals surface area (Å²) in [5, 5.41) is 9.69. The highest BCUT2D eigenvalue weighted by molar-refractivity contribution is 5.68. The van der Waals surface area contributed by atoms with Gasteiger partial charge >= 0.3 is 6.09 Å². The van der Waals surface area contributed by atoms with Gasteiger partial charge in [-0.05, 0) is 17.7 Å². The molecule has 2 aromatic rings. The predicted octanol–water partition coefficient (Wildman–Crippen LogP) is 2.86. The maximum atomic E-state index is 12.2. The van der Waals surface area contributed by atoms with Crippen molar-refractivity contribution in [2.24, 2.45) is 0 Å². The summed E-state index contributed by atoms with van der Waals surface area (Å²) in [6.07, 6.45) is -0.285. The summed E-state index contributed by atoms with van der Waals surface area (Å²) in [6.45, 7) is 2.88. The molecule has 0 spiro atoms. The van der Waals surface area contributed by atoms with Gasteiger partial charge in [-0.3, -0.25) is 0 Å². The number of piperazine rings is 1. The fraction of sp³-hybridized carbons (Fsp3) is 0.316. The van der Waals surface area contributed by atoms with Crippen LogP contribution < -0.4 is 9.64 Å². The van der Waals surface area contributed by atoms with Crippen LogP contribution in [0.3, 0.4) is 0 Å². The second-order valence-corrected chi connectivity index (χ2v) is 5.87. The molecule has 1 fully saturated rings. The number of carbonyl (C=O) groups excluding carboxylic acids is 1. The van der Waals surface area contributed by atoms with E-state index in [4.69, 9.17) is 9.47 Å². The minimum Gasteiger partial charge on any atom is -0.504 e. The maximum Gasteiger partial charge on any atom is 0.410 e. The first-order valence-corrected chi connectivity index (χ1v) is 8.25. The molecule has 0 aliphatic carbocycles. The minimum atomic E-state index is -0.285. The number of ether oxygens (including phenoxy) is 2. The van der Waals surface area contributed by atoms with Gasteiger partial charge in [0, 0.05) is 37.9 Å². The van der Waals surface area contributed by atoms with E-state index in [0.29, 0.717) is 31.9 Å². The Morgan fingerprint density at radius 2 is 1.80 bits per heavy atom. The van der Waals surface area contributed by atoms with Crippen molar-refractivity contribution in [3.63, 3.8) is 0 Å². The van der Waals surface area contributed by atoms with Gasteiger partial charge in [0.1, 0.15) is 6.61 Å². The lowest BCUT2D eigenvalue weighted by atomic mass is 10.2. The highest BCUT2D eigenvalue weighted by atomic mass is 16.6. The number of nitrogens with zero attached hydrogens (tertiary/aromatic N) is 2. The van der Waals surface area contributed by atoms with Gasteiger partial charge in [0.05, 0.1) is 7.11 Å². The number of carbonyl (C=O) groups is 1. The Kier molecular flexibility index (Phi) is 5.28. The largest absolute Gasteiger partial charge is 0.504 e. The first kappa shape index (κ1) is 17.0. The SMILES string of the molecule is COc1cc(N2CCN(C(=O)OCc3ccccc3)CC2)ccc1O. The Morgan fingerprint density at radius 1 is 1.08 bits per heavy atom. The zero-order valence-corrected chi connectivity index (χ0v) is 14.2. The van der Waals surface area contributed by atoms with Crippen LogP contribution in [0.2, 0.25) is 0 Å². The van der Waals surface area contributed by atoms with Crippen LogP contribution in [0.1, 0.15) is 5.56 Å². The molecule has 3 rings (SSSR count). The van der Waals surface area contributed by atoms with Gasteiger partial charge in [-0.1, -0.05) is 30.3 Å². The number of methoxy groups -OCH3 is 1. The number of aromatic hydroxyl groups is 1. The second-order valence-electron chi connectivity index (χ2n) is 5.87. The van der Waals surface area contributed by atoms with Crippen molar-refractivity contribution >= 4 is 11.8 Å². The lowest BCUT2D eigenvalue weighted by Gasteiger charge is -2.35. The topological polar surface area (TPSA) is 62.2 Å². The smallest absolute Gasteiger partial charge is 0.410 e. The van der Waals surface area contributed by atoms with Crippen LogP contribution in [0.25, 0.3) is 0 Å². The Balaban J connectivity index is 1.52. The molecule has 1 heterocycles. The second kappa shape index (κ2) is 7.79. The van der Waals surface area contributed by atoms with Crippen molar-refractivity contribution in [2.45, 2.75) is 6.61 Å². The molecule has 0 radical (unpaired) electrons. The molecule has 1 amide bonds. The van der Waals surface area contributed by atoms with Gasteiger partial charge < -0.3 is 24.4 Å². The van der Waals surface area contributed by atoms with Crippen molar-refractivity contribution in [1.82, 2.24) is 4.90 Å². The van der Waals surface area contributed by atoms with E-state index < -0.39 is 0 Å². The van der Waals surface area contributed by atoms with E-state index in [1.165, 1.54) is 7.11 Å². The van der Waals surface area contributed by atoms with Crippen LogP contribution in [0.5, 0.6) is 11.5 Å². The lowest BCUT2D eigenvalue weighted by molar-refractivity contribution is 0.0942. The van der Waals surface area contributed by atoms with E-state index in [9.17, 15) is 9.90 Å². The van der Waals surface area contributed by atoms with Crippen molar-refractivity contribution in [3.05, 3.63) is 54.1 Å². The summed E-state index contributed by atoms with van der Waals surface area (Å²) in [6, 6.07) is 14.9. The predicted molar refractivity (Wildman–Crippen MR) is 95.1 cm³/mol. The zero-order chi connectivity index (χ0) is 17.6. The third kappa shape index (κ3) is 4.15. The third-order valence-corrected chi connectivity index (χ3v) is 4.27. The van der Waals surface area contributed by atoms with Crippen LogP contribution in [0, 0.1) is 0 Å². The van der Waals surface area contributed by atoms with E-state index in [2.05, 4.69) is 4.90 Å². The standard InChI is InChI=1S/C19H22N2O4/c1-24-18-13-16(7-8-17(18)22)20-9-11-21(12-10-20)19(23)25-14-15-5-3-2-4-6-15/h2-8,13,22H,9-12,14H2,1H3. The number of hydrogen-bond acceptors (Lipinski definition) is 5. The number of rotatable bonds is 4. The number of anilines is 1. The number of benzene rings is 2. The molecule has 6 nitrogen and oxygen atoms in total. The summed E-state index contributed by atoms with van der Waals surface area (Å²) in [5.41, 5.74) is 1.94. The molecular weight excluding hydrogens is 320 g/mol. The average molecular weight is 342 g/mol. The van der Waals surface area contributed by atoms with Crippen molar-refractivity contribution in [3.8, 4) is 11.5 Å². The average Bonchev–Trinajstić information content (AvgIpc) is 2.67. The van der Waals surface area contributed by atoms with Crippen LogP contribution in [0.15, 0.2) is 48.5 Å². The molecule has 6 heteroatoms. The molecule has 1 saturated heterocycles. The summed E-state index contributed by atoms with van der Waals surface area (Å²) >= 11 is 0. The highest BCUT2D eigenvalue weighted by Crippen LogP contribution is 2.30. The lowest BCUT2D eigenvalue weighted by Crippen LogP contribution is -2.48. The molecule has 0 atom stereocenters. The molecule has 0 bridgehead atoms. The van der Waals surface area contributed by atoms with Gasteiger partial charge in [0.2, 0.25) is 0 Å². The normalized spacial score (nSPS) is 14.3. The van der Waals surface area contributed by atoms with Gasteiger partial charge in [0.25, 0.3) is 0 Å². The van der Waals surface area contributed by atoms with Crippen LogP contribution in [-0.4, -0.2) is 49.4 Å². The summed E-state index contributed by atoms with van der Waals surface area (Å²) in [5.74, 6) is 0.566. The minimum absolute atomic E-state index is 0.120. The van der Waals surface area contributed by atoms with E-state index in [1.807, 2.05) is 36.4 Å². The van der Waals surface area contributed by atoms with E-state index >= 15 is 0 Å². The Hall–Kier alpha value is -2.89. The van der Waals surface area contributed by atoms with E-state index in [-0.39, 0.29) is 18.4 Å². The summed E-state index contributed by atoms with van der Waals surface area (Å²) in [7, 11) is 1.53. The van der Waals surface area contributed by atoms with E-state index in [1.54, 1.807) is 17.0 Å². The first-order chi connectivity index (χ1) is 12.2. The number of amides is 1. The molecule has 25 heavy (non-hydrogen) atoms. The zero-order valence-electron chi connectivity index (χ0n) is 14.2. The first-order valence-electron chi connectivity index (χ1n) is 8.25. The van der Waals surface area contributed by atoms with Crippen molar-refractivity contribution in [1.29, 1.82) is 0 Å². The summed E-state index contributed by atoms with van der Waals surface area (Å²) < 4.78 is 10.5. The highest BCUT2D eigenvalue weighted by Gasteiger charge is 2.23. The molecule has 132 valence electrons. The van der Waals surface area contributed by atoms with Crippen LogP contribution >= 0.6 is 0 Å². The maximum absolute atomic E-state index is 12.2. The fourth-order valence-corrected chi connectivity index (χ4v) is 2.82. The van der Waals surface area contributed by atoms with Gasteiger partial charge in [-0.15, -0.1) is 0 Å². The molecule has 0 unspecified atom stereocenters. The number of hydrogen-bond donors (Lipinski definition) is 1. The molecule has 1 N–H and O–H groups in total. The Labute approximate surface area is 147 Å². The third-order valence-electron chi connectivity index (χ3n) is 4.27. The van der Waals surface area contributed by atoms with Gasteiger partial charge in [0.15, 0.2) is 11.5 Å². The molecule has 2 aromatic carbocycles. The quantitative estimate of drug-likeness (QED) is 0.926.